The highest BCUT2D eigenvalue weighted by molar-refractivity contribution is 7.17. The van der Waals surface area contributed by atoms with Gasteiger partial charge in [-0.2, -0.15) is 0 Å². The molecule has 0 aliphatic carbocycles. The van der Waals surface area contributed by atoms with Gasteiger partial charge in [0.2, 0.25) is 0 Å². The van der Waals surface area contributed by atoms with Gasteiger partial charge in [0.25, 0.3) is 0 Å². The van der Waals surface area contributed by atoms with E-state index in [9.17, 15) is 4.79 Å². The molecule has 1 saturated heterocycles. The molecule has 1 aliphatic rings. The third-order valence-electron chi connectivity index (χ3n) is 4.88. The molecule has 7 heteroatoms. The minimum atomic E-state index is -0.348. The summed E-state index contributed by atoms with van der Waals surface area (Å²) >= 11 is 1.53. The van der Waals surface area contributed by atoms with Crippen molar-refractivity contribution in [2.24, 2.45) is 0 Å². The predicted octanol–water partition coefficient (Wildman–Crippen LogP) is 4.27. The standard InChI is InChI=1S/C22H23N3O3S/c1-14-12-25(13-15(2)28-14)19-10-8-17(9-11-19)21-24-23-20(29-21)16-4-6-18(7-5-16)22(26)27-3/h4-11,14-15H,12-13H2,1-3H3. The molecule has 2 heterocycles. The van der Waals surface area contributed by atoms with Gasteiger partial charge in [0.05, 0.1) is 24.9 Å². The third-order valence-corrected chi connectivity index (χ3v) is 5.90. The van der Waals surface area contributed by atoms with Crippen LogP contribution in [0.15, 0.2) is 48.5 Å². The zero-order valence-electron chi connectivity index (χ0n) is 16.7. The highest BCUT2D eigenvalue weighted by Crippen LogP contribution is 2.31. The number of esters is 1. The molecule has 2 atom stereocenters. The molecule has 2 aromatic carbocycles. The van der Waals surface area contributed by atoms with E-state index >= 15 is 0 Å². The van der Waals surface area contributed by atoms with Crippen LogP contribution in [-0.4, -0.2) is 48.6 Å². The van der Waals surface area contributed by atoms with Crippen molar-refractivity contribution in [3.63, 3.8) is 0 Å². The van der Waals surface area contributed by atoms with Gasteiger partial charge >= 0.3 is 5.97 Å². The molecule has 0 spiro atoms. The Labute approximate surface area is 174 Å². The van der Waals surface area contributed by atoms with E-state index in [1.54, 1.807) is 12.1 Å². The van der Waals surface area contributed by atoms with Crippen LogP contribution in [0.4, 0.5) is 5.69 Å². The summed E-state index contributed by atoms with van der Waals surface area (Å²) in [6.07, 6.45) is 0.462. The first kappa shape index (κ1) is 19.5. The van der Waals surface area contributed by atoms with Gasteiger partial charge in [-0.05, 0) is 50.2 Å². The summed E-state index contributed by atoms with van der Waals surface area (Å²) in [5.41, 5.74) is 3.68. The Kier molecular flexibility index (Phi) is 5.60. The molecule has 1 aliphatic heterocycles. The van der Waals surface area contributed by atoms with E-state index in [0.29, 0.717) is 5.56 Å². The third kappa shape index (κ3) is 4.31. The van der Waals surface area contributed by atoms with Gasteiger partial charge in [-0.1, -0.05) is 23.5 Å². The fourth-order valence-corrected chi connectivity index (χ4v) is 4.38. The first-order chi connectivity index (χ1) is 14.0. The Bertz CT molecular complexity index is 975. The van der Waals surface area contributed by atoms with Crippen LogP contribution >= 0.6 is 11.3 Å². The lowest BCUT2D eigenvalue weighted by molar-refractivity contribution is -0.00521. The van der Waals surface area contributed by atoms with Crippen LogP contribution in [0.1, 0.15) is 24.2 Å². The monoisotopic (exact) mass is 409 g/mol. The summed E-state index contributed by atoms with van der Waals surface area (Å²) < 4.78 is 10.6. The van der Waals surface area contributed by atoms with Gasteiger partial charge < -0.3 is 14.4 Å². The second kappa shape index (κ2) is 8.31. The van der Waals surface area contributed by atoms with E-state index in [1.807, 2.05) is 12.1 Å². The Morgan fingerprint density at radius 2 is 1.48 bits per heavy atom. The van der Waals surface area contributed by atoms with Crippen molar-refractivity contribution in [1.82, 2.24) is 10.2 Å². The SMILES string of the molecule is COC(=O)c1ccc(-c2nnc(-c3ccc(N4CC(C)OC(C)C4)cc3)s2)cc1. The fourth-order valence-electron chi connectivity index (χ4n) is 3.53. The number of rotatable bonds is 4. The van der Waals surface area contributed by atoms with Gasteiger partial charge in [0.15, 0.2) is 0 Å². The summed E-state index contributed by atoms with van der Waals surface area (Å²) in [5, 5.41) is 10.3. The average Bonchev–Trinajstić information content (AvgIpc) is 3.23. The lowest BCUT2D eigenvalue weighted by Gasteiger charge is -2.36. The molecule has 1 aromatic heterocycles. The van der Waals surface area contributed by atoms with E-state index in [0.717, 1.165) is 34.2 Å². The van der Waals surface area contributed by atoms with E-state index in [2.05, 4.69) is 53.2 Å². The van der Waals surface area contributed by atoms with Crippen LogP contribution in [-0.2, 0) is 9.47 Å². The number of aromatic nitrogens is 2. The van der Waals surface area contributed by atoms with E-state index in [-0.39, 0.29) is 18.2 Å². The topological polar surface area (TPSA) is 64.5 Å². The molecule has 0 saturated carbocycles. The molecular weight excluding hydrogens is 386 g/mol. The van der Waals surface area contributed by atoms with Crippen LogP contribution in [0.3, 0.4) is 0 Å². The molecule has 1 fully saturated rings. The largest absolute Gasteiger partial charge is 0.465 e. The molecule has 0 bridgehead atoms. The summed E-state index contributed by atoms with van der Waals surface area (Å²) in [6.45, 7) is 6.01. The Morgan fingerprint density at radius 1 is 0.966 bits per heavy atom. The highest BCUT2D eigenvalue weighted by atomic mass is 32.1. The van der Waals surface area contributed by atoms with Crippen molar-refractivity contribution in [3.05, 3.63) is 54.1 Å². The van der Waals surface area contributed by atoms with Gasteiger partial charge in [0.1, 0.15) is 10.0 Å². The summed E-state index contributed by atoms with van der Waals surface area (Å²) in [4.78, 5) is 13.9. The summed E-state index contributed by atoms with van der Waals surface area (Å²) in [5.74, 6) is -0.348. The van der Waals surface area contributed by atoms with Crippen molar-refractivity contribution in [2.75, 3.05) is 25.1 Å². The minimum absolute atomic E-state index is 0.231. The zero-order valence-corrected chi connectivity index (χ0v) is 17.5. The van der Waals surface area contributed by atoms with Crippen molar-refractivity contribution in [1.29, 1.82) is 0 Å². The van der Waals surface area contributed by atoms with Crippen LogP contribution < -0.4 is 4.90 Å². The van der Waals surface area contributed by atoms with E-state index in [4.69, 9.17) is 9.47 Å². The molecule has 0 radical (unpaired) electrons. The minimum Gasteiger partial charge on any atom is -0.465 e. The van der Waals surface area contributed by atoms with Crippen LogP contribution in [0.25, 0.3) is 21.1 Å². The van der Waals surface area contributed by atoms with E-state index < -0.39 is 0 Å². The lowest BCUT2D eigenvalue weighted by atomic mass is 10.1. The number of carbonyl (C=O) groups excluding carboxylic acids is 1. The predicted molar refractivity (Wildman–Crippen MR) is 114 cm³/mol. The number of methoxy groups -OCH3 is 1. The molecule has 150 valence electrons. The number of nitrogens with zero attached hydrogens (tertiary/aromatic N) is 3. The number of hydrogen-bond acceptors (Lipinski definition) is 7. The quantitative estimate of drug-likeness (QED) is 0.600. The zero-order chi connectivity index (χ0) is 20.4. The van der Waals surface area contributed by atoms with Crippen molar-refractivity contribution in [2.45, 2.75) is 26.1 Å². The highest BCUT2D eigenvalue weighted by Gasteiger charge is 2.22. The van der Waals surface area contributed by atoms with Crippen molar-refractivity contribution in [3.8, 4) is 21.1 Å². The number of morpholine rings is 1. The Hall–Kier alpha value is -2.77. The molecule has 0 N–H and O–H groups in total. The average molecular weight is 410 g/mol. The molecule has 3 aromatic rings. The maximum Gasteiger partial charge on any atom is 0.337 e. The Balaban J connectivity index is 1.50. The van der Waals surface area contributed by atoms with Gasteiger partial charge in [-0.15, -0.1) is 10.2 Å². The molecule has 29 heavy (non-hydrogen) atoms. The second-order valence-electron chi connectivity index (χ2n) is 7.19. The summed E-state index contributed by atoms with van der Waals surface area (Å²) in [6, 6.07) is 15.6. The fraction of sp³-hybridized carbons (Fsp3) is 0.318. The lowest BCUT2D eigenvalue weighted by Crippen LogP contribution is -2.45. The van der Waals surface area contributed by atoms with Crippen LogP contribution in [0, 0.1) is 0 Å². The maximum atomic E-state index is 11.6. The van der Waals surface area contributed by atoms with Crippen molar-refractivity contribution >= 4 is 23.0 Å². The number of hydrogen-bond donors (Lipinski definition) is 0. The number of benzene rings is 2. The van der Waals surface area contributed by atoms with E-state index in [1.165, 1.54) is 24.1 Å². The van der Waals surface area contributed by atoms with Gasteiger partial charge in [0, 0.05) is 29.9 Å². The molecule has 6 nitrogen and oxygen atoms in total. The van der Waals surface area contributed by atoms with Crippen molar-refractivity contribution < 1.29 is 14.3 Å². The summed E-state index contributed by atoms with van der Waals surface area (Å²) in [7, 11) is 1.37. The van der Waals surface area contributed by atoms with Crippen LogP contribution in [0.2, 0.25) is 0 Å². The smallest absolute Gasteiger partial charge is 0.337 e. The second-order valence-corrected chi connectivity index (χ2v) is 8.17. The number of anilines is 1. The molecule has 2 unspecified atom stereocenters. The van der Waals surface area contributed by atoms with Gasteiger partial charge in [-0.25, -0.2) is 4.79 Å². The normalized spacial score (nSPS) is 19.2. The Morgan fingerprint density at radius 3 is 2.00 bits per heavy atom. The molecular formula is C22H23N3O3S. The first-order valence-electron chi connectivity index (χ1n) is 9.56. The maximum absolute atomic E-state index is 11.6. The van der Waals surface area contributed by atoms with Crippen LogP contribution in [0.5, 0.6) is 0 Å². The van der Waals surface area contributed by atoms with Gasteiger partial charge in [-0.3, -0.25) is 0 Å². The number of ether oxygens (including phenoxy) is 2. The number of carbonyl (C=O) groups is 1. The molecule has 0 amide bonds. The molecule has 4 rings (SSSR count). The first-order valence-corrected chi connectivity index (χ1v) is 10.4.